The second-order valence-electron chi connectivity index (χ2n) is 5.11. The molecule has 0 saturated heterocycles. The zero-order valence-electron chi connectivity index (χ0n) is 8.51. The van der Waals surface area contributed by atoms with Crippen LogP contribution in [0.5, 0.6) is 0 Å². The van der Waals surface area contributed by atoms with Gasteiger partial charge in [-0.25, -0.2) is 0 Å². The summed E-state index contributed by atoms with van der Waals surface area (Å²) in [6.07, 6.45) is 2.64. The van der Waals surface area contributed by atoms with E-state index in [-0.39, 0.29) is 0 Å². The fourth-order valence-electron chi connectivity index (χ4n) is 2.60. The lowest BCUT2D eigenvalue weighted by Crippen LogP contribution is -2.50. The van der Waals surface area contributed by atoms with Crippen LogP contribution in [0, 0.1) is 5.41 Å². The molecule has 0 unspecified atom stereocenters. The van der Waals surface area contributed by atoms with Gasteiger partial charge in [-0.2, -0.15) is 0 Å². The van der Waals surface area contributed by atoms with Gasteiger partial charge in [-0.3, -0.25) is 0 Å². The topological polar surface area (TPSA) is 20.2 Å². The summed E-state index contributed by atoms with van der Waals surface area (Å²) in [7, 11) is 0. The maximum atomic E-state index is 10.2. The Morgan fingerprint density at radius 2 is 2.14 bits per heavy atom. The van der Waals surface area contributed by atoms with Crippen LogP contribution in [0.25, 0.3) is 0 Å². The Labute approximate surface area is 97.3 Å². The van der Waals surface area contributed by atoms with Gasteiger partial charge < -0.3 is 5.11 Å². The molecule has 78 valence electrons. The van der Waals surface area contributed by atoms with Crippen molar-refractivity contribution in [1.29, 1.82) is 0 Å². The summed E-state index contributed by atoms with van der Waals surface area (Å²) in [4.78, 5) is 1.27. The second-order valence-corrected chi connectivity index (χ2v) is 6.97. The molecular formula is C11H15BrOS. The van der Waals surface area contributed by atoms with Gasteiger partial charge in [-0.1, -0.05) is 13.8 Å². The molecule has 0 amide bonds. The fraction of sp³-hybridized carbons (Fsp3) is 0.636. The maximum absolute atomic E-state index is 10.2. The van der Waals surface area contributed by atoms with Crippen LogP contribution >= 0.6 is 27.3 Å². The highest BCUT2D eigenvalue weighted by atomic mass is 79.9. The summed E-state index contributed by atoms with van der Waals surface area (Å²) >= 11 is 5.22. The minimum absolute atomic E-state index is 0.332. The van der Waals surface area contributed by atoms with E-state index in [1.807, 2.05) is 6.07 Å². The number of rotatable bonds is 2. The van der Waals surface area contributed by atoms with Crippen molar-refractivity contribution in [2.45, 2.75) is 38.7 Å². The number of thiophene rings is 1. The third kappa shape index (κ3) is 2.05. The van der Waals surface area contributed by atoms with E-state index in [2.05, 4.69) is 35.2 Å². The quantitative estimate of drug-likeness (QED) is 0.874. The Morgan fingerprint density at radius 1 is 1.50 bits per heavy atom. The second kappa shape index (κ2) is 3.32. The molecular weight excluding hydrogens is 260 g/mol. The van der Waals surface area contributed by atoms with Gasteiger partial charge in [0.05, 0.1) is 5.60 Å². The molecule has 1 aliphatic carbocycles. The minimum atomic E-state index is -0.448. The van der Waals surface area contributed by atoms with Gasteiger partial charge in [0.2, 0.25) is 0 Å². The van der Waals surface area contributed by atoms with E-state index in [1.165, 1.54) is 4.88 Å². The molecule has 1 aromatic rings. The lowest BCUT2D eigenvalue weighted by atomic mass is 9.60. The third-order valence-corrected chi connectivity index (χ3v) is 4.72. The molecule has 1 saturated carbocycles. The van der Waals surface area contributed by atoms with Crippen LogP contribution in [0.3, 0.4) is 0 Å². The molecule has 1 N–H and O–H groups in total. The number of aliphatic hydroxyl groups is 1. The molecule has 2 rings (SSSR count). The van der Waals surface area contributed by atoms with E-state index < -0.39 is 5.60 Å². The largest absolute Gasteiger partial charge is 0.389 e. The van der Waals surface area contributed by atoms with E-state index in [9.17, 15) is 5.11 Å². The van der Waals surface area contributed by atoms with Crippen molar-refractivity contribution in [3.05, 3.63) is 20.8 Å². The molecule has 0 atom stereocenters. The third-order valence-electron chi connectivity index (χ3n) is 2.80. The first-order chi connectivity index (χ1) is 6.40. The first-order valence-electron chi connectivity index (χ1n) is 4.85. The summed E-state index contributed by atoms with van der Waals surface area (Å²) in [5.41, 5.74) is -0.116. The van der Waals surface area contributed by atoms with Crippen LogP contribution in [0.4, 0.5) is 0 Å². The molecule has 0 spiro atoms. The van der Waals surface area contributed by atoms with Crippen molar-refractivity contribution in [2.24, 2.45) is 5.41 Å². The molecule has 1 aromatic heterocycles. The number of halogens is 1. The molecule has 0 bridgehead atoms. The Hall–Kier alpha value is 0.140. The fourth-order valence-corrected chi connectivity index (χ4v) is 4.23. The van der Waals surface area contributed by atoms with Crippen LogP contribution < -0.4 is 0 Å². The predicted octanol–water partition coefficient (Wildman–Crippen LogP) is 3.60. The van der Waals surface area contributed by atoms with Gasteiger partial charge >= 0.3 is 0 Å². The van der Waals surface area contributed by atoms with Gasteiger partial charge in [0.15, 0.2) is 0 Å². The van der Waals surface area contributed by atoms with Crippen molar-refractivity contribution in [3.8, 4) is 0 Å². The van der Waals surface area contributed by atoms with E-state index >= 15 is 0 Å². The first kappa shape index (κ1) is 10.7. The molecule has 0 radical (unpaired) electrons. The SMILES string of the molecule is CC1(C)CC(O)(Cc2sccc2Br)C1. The highest BCUT2D eigenvalue weighted by Crippen LogP contribution is 2.50. The van der Waals surface area contributed by atoms with E-state index in [1.54, 1.807) is 11.3 Å². The Bertz CT molecular complexity index is 335. The van der Waals surface area contributed by atoms with E-state index in [0.717, 1.165) is 23.7 Å². The van der Waals surface area contributed by atoms with E-state index in [4.69, 9.17) is 0 Å². The molecule has 1 nitrogen and oxygen atoms in total. The summed E-state index contributed by atoms with van der Waals surface area (Å²) in [5, 5.41) is 12.3. The van der Waals surface area contributed by atoms with Crippen LogP contribution in [0.15, 0.2) is 15.9 Å². The first-order valence-corrected chi connectivity index (χ1v) is 6.52. The van der Waals surface area contributed by atoms with Gasteiger partial charge in [0.25, 0.3) is 0 Å². The maximum Gasteiger partial charge on any atom is 0.0706 e. The van der Waals surface area contributed by atoms with Gasteiger partial charge in [-0.05, 0) is 45.6 Å². The summed E-state index contributed by atoms with van der Waals surface area (Å²) in [5.74, 6) is 0. The lowest BCUT2D eigenvalue weighted by molar-refractivity contribution is -0.111. The Balaban J connectivity index is 2.03. The van der Waals surface area contributed by atoms with Crippen molar-refractivity contribution < 1.29 is 5.11 Å². The Morgan fingerprint density at radius 3 is 2.57 bits per heavy atom. The van der Waals surface area contributed by atoms with Crippen LogP contribution in [0.1, 0.15) is 31.6 Å². The summed E-state index contributed by atoms with van der Waals surface area (Å²) in [6.45, 7) is 4.43. The highest BCUT2D eigenvalue weighted by Gasteiger charge is 2.47. The average molecular weight is 275 g/mol. The molecule has 0 aromatic carbocycles. The van der Waals surface area contributed by atoms with Crippen molar-refractivity contribution >= 4 is 27.3 Å². The zero-order chi connectivity index (χ0) is 10.4. The Kier molecular flexibility index (Phi) is 2.53. The minimum Gasteiger partial charge on any atom is -0.389 e. The smallest absolute Gasteiger partial charge is 0.0706 e. The molecule has 1 heterocycles. The van der Waals surface area contributed by atoms with E-state index in [0.29, 0.717) is 5.41 Å². The molecule has 0 aliphatic heterocycles. The van der Waals surface area contributed by atoms with Gasteiger partial charge in [-0.15, -0.1) is 11.3 Å². The number of hydrogen-bond acceptors (Lipinski definition) is 2. The predicted molar refractivity (Wildman–Crippen MR) is 63.7 cm³/mol. The zero-order valence-corrected chi connectivity index (χ0v) is 10.9. The summed E-state index contributed by atoms with van der Waals surface area (Å²) in [6, 6.07) is 2.05. The number of hydrogen-bond donors (Lipinski definition) is 1. The normalized spacial score (nSPS) is 23.1. The lowest BCUT2D eigenvalue weighted by Gasteiger charge is -2.49. The van der Waals surface area contributed by atoms with Crippen LogP contribution in [-0.2, 0) is 6.42 Å². The van der Waals surface area contributed by atoms with Crippen molar-refractivity contribution in [1.82, 2.24) is 0 Å². The molecule has 14 heavy (non-hydrogen) atoms. The highest BCUT2D eigenvalue weighted by molar-refractivity contribution is 9.10. The van der Waals surface area contributed by atoms with Gasteiger partial charge in [0, 0.05) is 15.8 Å². The van der Waals surface area contributed by atoms with Crippen molar-refractivity contribution in [3.63, 3.8) is 0 Å². The molecule has 1 fully saturated rings. The van der Waals surface area contributed by atoms with Crippen molar-refractivity contribution in [2.75, 3.05) is 0 Å². The van der Waals surface area contributed by atoms with Gasteiger partial charge in [0.1, 0.15) is 0 Å². The van der Waals surface area contributed by atoms with Crippen LogP contribution in [0.2, 0.25) is 0 Å². The average Bonchev–Trinajstić information content (AvgIpc) is 2.31. The molecule has 3 heteroatoms. The van der Waals surface area contributed by atoms with Crippen LogP contribution in [-0.4, -0.2) is 10.7 Å². The summed E-state index contributed by atoms with van der Waals surface area (Å²) < 4.78 is 1.14. The monoisotopic (exact) mass is 274 g/mol. The molecule has 1 aliphatic rings. The standard InChI is InChI=1S/C11H15BrOS/c1-10(2)6-11(13,7-10)5-9-8(12)3-4-14-9/h3-4,13H,5-7H2,1-2H3.